The fourth-order valence-corrected chi connectivity index (χ4v) is 5.67. The van der Waals surface area contributed by atoms with Gasteiger partial charge < -0.3 is 0 Å². The number of allylic oxidation sites excluding steroid dienone is 6. The molecule has 0 N–H and O–H groups in total. The van der Waals surface area contributed by atoms with Gasteiger partial charge in [-0.2, -0.15) is 0 Å². The number of rotatable bonds is 0. The lowest BCUT2D eigenvalue weighted by atomic mass is 9.78. The van der Waals surface area contributed by atoms with Crippen LogP contribution in [0.2, 0.25) is 0 Å². The topological polar surface area (TPSA) is 12.4 Å². The number of thioether (sulfide) groups is 1. The summed E-state index contributed by atoms with van der Waals surface area (Å²) in [6.07, 6.45) is 23.4. The Morgan fingerprint density at radius 3 is 2.33 bits per heavy atom. The quantitative estimate of drug-likeness (QED) is 0.307. The van der Waals surface area contributed by atoms with Gasteiger partial charge in [0.05, 0.1) is 11.2 Å². The van der Waals surface area contributed by atoms with E-state index in [1.165, 1.54) is 60.8 Å². The molecule has 3 aromatic carbocycles. The summed E-state index contributed by atoms with van der Waals surface area (Å²) in [5.41, 5.74) is 13.6. The lowest BCUT2D eigenvalue weighted by Crippen LogP contribution is -2.12. The maximum Gasteiger partial charge on any atom is 0.0708 e. The lowest BCUT2D eigenvalue weighted by Gasteiger charge is -2.26. The maximum atomic E-state index is 4.26. The van der Waals surface area contributed by atoms with Crippen molar-refractivity contribution >= 4 is 29.1 Å². The molecule has 0 fully saturated rings. The fourth-order valence-electron chi connectivity index (χ4n) is 5.21. The van der Waals surface area contributed by atoms with E-state index in [1.807, 2.05) is 41.3 Å². The van der Waals surface area contributed by atoms with E-state index in [0.717, 1.165) is 12.1 Å². The first-order valence-electron chi connectivity index (χ1n) is 13.0. The van der Waals surface area contributed by atoms with Gasteiger partial charge in [0.15, 0.2) is 0 Å². The van der Waals surface area contributed by atoms with E-state index in [1.54, 1.807) is 28.5 Å². The first-order chi connectivity index (χ1) is 17.9. The Morgan fingerprint density at radius 1 is 0.611 bits per heavy atom. The molecular weight excluding hydrogens is 454 g/mol. The van der Waals surface area contributed by atoms with Crippen molar-refractivity contribution in [3.63, 3.8) is 0 Å². The van der Waals surface area contributed by atoms with Crippen LogP contribution in [0.25, 0.3) is 17.2 Å². The van der Waals surface area contributed by atoms with Crippen LogP contribution in [-0.4, -0.2) is 5.55 Å². The summed E-state index contributed by atoms with van der Waals surface area (Å²) in [5, 5.41) is 2.04. The van der Waals surface area contributed by atoms with Crippen LogP contribution in [0.5, 0.6) is 0 Å². The van der Waals surface area contributed by atoms with Gasteiger partial charge in [0, 0.05) is 5.56 Å². The van der Waals surface area contributed by atoms with Crippen molar-refractivity contribution in [3.8, 4) is 11.1 Å². The van der Waals surface area contributed by atoms with Crippen LogP contribution >= 0.6 is 11.8 Å². The van der Waals surface area contributed by atoms with Gasteiger partial charge >= 0.3 is 0 Å². The van der Waals surface area contributed by atoms with Crippen LogP contribution < -0.4 is 0 Å². The zero-order chi connectivity index (χ0) is 24.4. The largest absolute Gasteiger partial charge is 0.249 e. The summed E-state index contributed by atoms with van der Waals surface area (Å²) in [7, 11) is 0. The van der Waals surface area contributed by atoms with Gasteiger partial charge in [-0.15, -0.1) is 0 Å². The molecule has 2 heteroatoms. The summed E-state index contributed by atoms with van der Waals surface area (Å²) < 4.78 is 0. The number of fused-ring (bicyclic) bond motifs is 6. The Morgan fingerprint density at radius 2 is 1.42 bits per heavy atom. The lowest BCUT2D eigenvalue weighted by molar-refractivity contribution is 0.676. The van der Waals surface area contributed by atoms with Crippen molar-refractivity contribution in [2.45, 2.75) is 44.9 Å². The number of aliphatic imine (C=N–C) groups is 1. The average molecular weight is 488 g/mol. The summed E-state index contributed by atoms with van der Waals surface area (Å²) in [5.74, 6) is 0. The fraction of sp³-hybridized carbons (Fsp3) is 0.206. The smallest absolute Gasteiger partial charge is 0.0708 e. The molecule has 0 bridgehead atoms. The third-order valence-electron chi connectivity index (χ3n) is 7.00. The third-order valence-corrected chi connectivity index (χ3v) is 7.52. The summed E-state index contributed by atoms with van der Waals surface area (Å²) in [6, 6.07) is 21.8. The second-order valence-corrected chi connectivity index (χ2v) is 10.1. The molecule has 0 amide bonds. The molecule has 36 heavy (non-hydrogen) atoms. The number of benzene rings is 3. The molecule has 0 unspecified atom stereocenters. The van der Waals surface area contributed by atoms with Crippen molar-refractivity contribution in [2.75, 3.05) is 0 Å². The van der Waals surface area contributed by atoms with Gasteiger partial charge in [-0.1, -0.05) is 103 Å². The monoisotopic (exact) mass is 487 g/mol. The van der Waals surface area contributed by atoms with E-state index in [4.69, 9.17) is 0 Å². The zero-order valence-corrected chi connectivity index (χ0v) is 21.6. The van der Waals surface area contributed by atoms with Crippen molar-refractivity contribution in [1.29, 1.82) is 0 Å². The molecule has 1 aliphatic heterocycles. The molecule has 1 heterocycles. The van der Waals surface area contributed by atoms with Crippen molar-refractivity contribution in [2.24, 2.45) is 4.99 Å². The first kappa shape index (κ1) is 24.3. The van der Waals surface area contributed by atoms with Crippen LogP contribution in [0.3, 0.4) is 0 Å². The second-order valence-electron chi connectivity index (χ2n) is 9.30. The van der Waals surface area contributed by atoms with Gasteiger partial charge in [-0.05, 0) is 95.9 Å². The van der Waals surface area contributed by atoms with E-state index in [-0.39, 0.29) is 0 Å². The highest BCUT2D eigenvalue weighted by Crippen LogP contribution is 2.38. The first-order valence-corrected chi connectivity index (χ1v) is 14.0. The Bertz CT molecular complexity index is 1290. The Labute approximate surface area is 220 Å². The highest BCUT2D eigenvalue weighted by molar-refractivity contribution is 8.14. The van der Waals surface area contributed by atoms with Crippen molar-refractivity contribution in [1.82, 2.24) is 0 Å². The van der Waals surface area contributed by atoms with Crippen LogP contribution in [0.1, 0.15) is 47.1 Å². The van der Waals surface area contributed by atoms with Crippen molar-refractivity contribution < 1.29 is 0 Å². The molecule has 180 valence electrons. The van der Waals surface area contributed by atoms with E-state index >= 15 is 0 Å². The molecule has 0 radical (unpaired) electrons. The number of hydrogen-bond acceptors (Lipinski definition) is 2. The molecule has 0 aromatic heterocycles. The van der Waals surface area contributed by atoms with E-state index < -0.39 is 0 Å². The SMILES string of the molecule is C1=CC=CCC=C1.C1=Cc2ccccc2N=CS1.c1ccc2c(c1)CCc1c-2ccc2c1CCCC2. The van der Waals surface area contributed by atoms with E-state index in [2.05, 4.69) is 77.8 Å². The van der Waals surface area contributed by atoms with E-state index in [9.17, 15) is 0 Å². The summed E-state index contributed by atoms with van der Waals surface area (Å²) in [4.78, 5) is 4.26. The predicted octanol–water partition coefficient (Wildman–Crippen LogP) is 9.45. The van der Waals surface area contributed by atoms with Gasteiger partial charge in [0.1, 0.15) is 0 Å². The third kappa shape index (κ3) is 6.06. The minimum atomic E-state index is 1.05. The number of para-hydroxylation sites is 1. The van der Waals surface area contributed by atoms with Gasteiger partial charge in [-0.25, -0.2) is 4.99 Å². The molecule has 4 aliphatic rings. The standard InChI is InChI=1S/C18H18.C9H7NS.C7H8/c1-3-7-15-13(5-1)9-11-18-16-8-4-2-6-14(16)10-12-17(15)18;1-2-4-9-8(3-1)5-6-11-7-10-9;1-2-4-6-7-5-3-1/h1,3,5,7,10,12H,2,4,6,8-9,11H2;1-7H;1-6H,7H2. The zero-order valence-electron chi connectivity index (χ0n) is 20.8. The van der Waals surface area contributed by atoms with E-state index in [0.29, 0.717) is 0 Å². The molecular formula is C34H33NS. The normalized spacial score (nSPS) is 16.0. The maximum absolute atomic E-state index is 4.26. The highest BCUT2D eigenvalue weighted by Gasteiger charge is 2.21. The molecule has 3 aliphatic carbocycles. The molecule has 3 aromatic rings. The number of aryl methyl sites for hydroxylation is 2. The summed E-state index contributed by atoms with van der Waals surface area (Å²) >= 11 is 1.60. The minimum Gasteiger partial charge on any atom is -0.249 e. The van der Waals surface area contributed by atoms with Crippen LogP contribution in [0.4, 0.5) is 5.69 Å². The summed E-state index contributed by atoms with van der Waals surface area (Å²) in [6.45, 7) is 0. The van der Waals surface area contributed by atoms with Crippen LogP contribution in [0, 0.1) is 0 Å². The predicted molar refractivity (Wildman–Crippen MR) is 159 cm³/mol. The Hall–Kier alpha value is -3.36. The van der Waals surface area contributed by atoms with Gasteiger partial charge in [0.25, 0.3) is 0 Å². The van der Waals surface area contributed by atoms with Crippen LogP contribution in [0.15, 0.2) is 108 Å². The Kier molecular flexibility index (Phi) is 8.49. The molecule has 0 atom stereocenters. The minimum absolute atomic E-state index is 1.05. The van der Waals surface area contributed by atoms with Crippen molar-refractivity contribution in [3.05, 3.63) is 130 Å². The average Bonchev–Trinajstić information content (AvgIpc) is 3.39. The number of nitrogens with zero attached hydrogens (tertiary/aromatic N) is 1. The molecule has 0 spiro atoms. The molecule has 0 saturated carbocycles. The Balaban J connectivity index is 0.000000126. The highest BCUT2D eigenvalue weighted by atomic mass is 32.2. The molecule has 7 rings (SSSR count). The van der Waals surface area contributed by atoms with Gasteiger partial charge in [-0.3, -0.25) is 0 Å². The van der Waals surface area contributed by atoms with Crippen LogP contribution in [-0.2, 0) is 25.7 Å². The second kappa shape index (κ2) is 12.6. The molecule has 1 nitrogen and oxygen atoms in total. The van der Waals surface area contributed by atoms with Gasteiger partial charge in [0.2, 0.25) is 0 Å². The molecule has 0 saturated heterocycles. The number of hydrogen-bond donors (Lipinski definition) is 0.